The van der Waals surface area contributed by atoms with E-state index >= 15 is 0 Å². The van der Waals surface area contributed by atoms with E-state index < -0.39 is 0 Å². The Labute approximate surface area is 50.4 Å². The Morgan fingerprint density at radius 3 is 3.22 bits per heavy atom. The summed E-state index contributed by atoms with van der Waals surface area (Å²) in [5.74, 6) is 0.525. The molecule has 0 atom stereocenters. The minimum atomic E-state index is 0.525. The highest BCUT2D eigenvalue weighted by molar-refractivity contribution is 5.19. The van der Waals surface area contributed by atoms with Crippen molar-refractivity contribution >= 4 is 5.78 Å². The number of aromatic nitrogens is 5. The Morgan fingerprint density at radius 1 is 1.33 bits per heavy atom. The highest BCUT2D eigenvalue weighted by Crippen LogP contribution is 1.84. The largest absolute Gasteiger partial charge is 0.271 e. The molecule has 0 bridgehead atoms. The summed E-state index contributed by atoms with van der Waals surface area (Å²) in [4.78, 5) is 3.87. The minimum Gasteiger partial charge on any atom is -0.217 e. The third-order valence-corrected chi connectivity index (χ3v) is 0.961. The summed E-state index contributed by atoms with van der Waals surface area (Å²) >= 11 is 0. The topological polar surface area (TPSA) is 56.0 Å². The zero-order valence-corrected chi connectivity index (χ0v) is 4.47. The first kappa shape index (κ1) is 4.37. The highest BCUT2D eigenvalue weighted by atomic mass is 15.4. The minimum absolute atomic E-state index is 0.525. The lowest BCUT2D eigenvalue weighted by molar-refractivity contribution is 0.898. The van der Waals surface area contributed by atoms with Crippen molar-refractivity contribution in [1.29, 1.82) is 0 Å². The van der Waals surface area contributed by atoms with Crippen LogP contribution in [-0.4, -0.2) is 24.8 Å². The molecule has 0 aliphatic heterocycles. The molecular formula is C4H3N5. The zero-order valence-electron chi connectivity index (χ0n) is 4.47. The Bertz CT molecular complexity index is 283. The molecule has 0 amide bonds. The molecule has 2 heterocycles. The maximum Gasteiger partial charge on any atom is 0.271 e. The molecule has 0 unspecified atom stereocenters. The molecule has 0 saturated heterocycles. The van der Waals surface area contributed by atoms with Gasteiger partial charge in [0.05, 0.1) is 12.4 Å². The predicted octanol–water partition coefficient (Wildman–Crippen LogP) is -0.481. The first-order valence-corrected chi connectivity index (χ1v) is 2.44. The second kappa shape index (κ2) is 1.48. The lowest BCUT2D eigenvalue weighted by atomic mass is 10.9. The molecular weight excluding hydrogens is 118 g/mol. The number of hydrogen-bond acceptors (Lipinski definition) is 4. The van der Waals surface area contributed by atoms with E-state index in [1.807, 2.05) is 0 Å². The quantitative estimate of drug-likeness (QED) is 0.472. The van der Waals surface area contributed by atoms with Gasteiger partial charge in [-0.05, 0) is 0 Å². The van der Waals surface area contributed by atoms with Gasteiger partial charge in [0.2, 0.25) is 0 Å². The lowest BCUT2D eigenvalue weighted by Crippen LogP contribution is -1.89. The zero-order chi connectivity index (χ0) is 6.10. The van der Waals surface area contributed by atoms with Crippen LogP contribution in [0.2, 0.25) is 0 Å². The van der Waals surface area contributed by atoms with Crippen LogP contribution in [0.4, 0.5) is 0 Å². The van der Waals surface area contributed by atoms with E-state index in [1.54, 1.807) is 12.4 Å². The average molecular weight is 121 g/mol. The van der Waals surface area contributed by atoms with Gasteiger partial charge in [-0.3, -0.25) is 0 Å². The van der Waals surface area contributed by atoms with Gasteiger partial charge in [0.25, 0.3) is 5.78 Å². The molecule has 2 rings (SSSR count). The van der Waals surface area contributed by atoms with E-state index in [4.69, 9.17) is 0 Å². The predicted molar refractivity (Wildman–Crippen MR) is 28.6 cm³/mol. The molecule has 0 N–H and O–H groups in total. The maximum atomic E-state index is 3.87. The molecule has 0 aliphatic carbocycles. The highest BCUT2D eigenvalue weighted by Gasteiger charge is 1.90. The van der Waals surface area contributed by atoms with Crippen molar-refractivity contribution in [1.82, 2.24) is 24.8 Å². The van der Waals surface area contributed by atoms with Crippen molar-refractivity contribution in [3.05, 3.63) is 18.7 Å². The van der Waals surface area contributed by atoms with Gasteiger partial charge in [-0.15, -0.1) is 10.2 Å². The van der Waals surface area contributed by atoms with Crippen LogP contribution in [0.15, 0.2) is 18.7 Å². The molecule has 2 aromatic heterocycles. The lowest BCUT2D eigenvalue weighted by Gasteiger charge is -1.82. The van der Waals surface area contributed by atoms with Crippen LogP contribution in [0.5, 0.6) is 0 Å². The fourth-order valence-electron chi connectivity index (χ4n) is 0.592. The fraction of sp³-hybridized carbons (Fsp3) is 0. The molecule has 0 aliphatic rings. The van der Waals surface area contributed by atoms with E-state index in [9.17, 15) is 0 Å². The van der Waals surface area contributed by atoms with Crippen LogP contribution >= 0.6 is 0 Å². The molecule has 2 aromatic rings. The van der Waals surface area contributed by atoms with Crippen molar-refractivity contribution in [2.75, 3.05) is 0 Å². The van der Waals surface area contributed by atoms with Crippen molar-refractivity contribution in [3.63, 3.8) is 0 Å². The number of fused-ring (bicyclic) bond motifs is 1. The summed E-state index contributed by atoms with van der Waals surface area (Å²) in [6, 6.07) is 0. The third kappa shape index (κ3) is 0.543. The Morgan fingerprint density at radius 2 is 2.33 bits per heavy atom. The molecule has 9 heavy (non-hydrogen) atoms. The molecule has 44 valence electrons. The van der Waals surface area contributed by atoms with E-state index in [1.165, 1.54) is 10.8 Å². The van der Waals surface area contributed by atoms with Crippen LogP contribution in [0.3, 0.4) is 0 Å². The first-order chi connectivity index (χ1) is 4.47. The van der Waals surface area contributed by atoms with Crippen LogP contribution < -0.4 is 0 Å². The van der Waals surface area contributed by atoms with Gasteiger partial charge < -0.3 is 0 Å². The Hall–Kier alpha value is -1.52. The van der Waals surface area contributed by atoms with Crippen LogP contribution in [-0.2, 0) is 0 Å². The summed E-state index contributed by atoms with van der Waals surface area (Å²) in [7, 11) is 0. The summed E-state index contributed by atoms with van der Waals surface area (Å²) in [6.45, 7) is 0. The van der Waals surface area contributed by atoms with Gasteiger partial charge in [0, 0.05) is 0 Å². The van der Waals surface area contributed by atoms with Gasteiger partial charge in [0.15, 0.2) is 0 Å². The summed E-state index contributed by atoms with van der Waals surface area (Å²) in [6.07, 6.45) is 4.66. The van der Waals surface area contributed by atoms with Gasteiger partial charge in [-0.25, -0.2) is 4.98 Å². The van der Waals surface area contributed by atoms with Gasteiger partial charge in [0.1, 0.15) is 6.33 Å². The Balaban J connectivity index is 2.95. The molecule has 5 nitrogen and oxygen atoms in total. The second-order valence-corrected chi connectivity index (χ2v) is 1.52. The first-order valence-electron chi connectivity index (χ1n) is 2.44. The molecule has 0 saturated carbocycles. The molecule has 0 fully saturated rings. The van der Waals surface area contributed by atoms with Crippen LogP contribution in [0.1, 0.15) is 0 Å². The third-order valence-electron chi connectivity index (χ3n) is 0.961. The number of rotatable bonds is 0. The van der Waals surface area contributed by atoms with Crippen molar-refractivity contribution in [3.8, 4) is 0 Å². The van der Waals surface area contributed by atoms with Crippen molar-refractivity contribution < 1.29 is 0 Å². The summed E-state index contributed by atoms with van der Waals surface area (Å²) < 4.78 is 1.50. The van der Waals surface area contributed by atoms with E-state index in [0.717, 1.165) is 0 Å². The monoisotopic (exact) mass is 121 g/mol. The van der Waals surface area contributed by atoms with Crippen LogP contribution in [0, 0.1) is 0 Å². The van der Waals surface area contributed by atoms with Crippen molar-refractivity contribution in [2.45, 2.75) is 0 Å². The standard InChI is InChI=1S/C4H3N5/c1-2-7-9-3-6-8-4(9)5-1/h1-3H. The van der Waals surface area contributed by atoms with Crippen LogP contribution in [0.25, 0.3) is 5.78 Å². The molecule has 0 radical (unpaired) electrons. The molecule has 0 spiro atoms. The second-order valence-electron chi connectivity index (χ2n) is 1.52. The number of hydrogen-bond donors (Lipinski definition) is 0. The average Bonchev–Trinajstić information content (AvgIpc) is 2.33. The van der Waals surface area contributed by atoms with Crippen molar-refractivity contribution in [2.24, 2.45) is 0 Å². The van der Waals surface area contributed by atoms with Gasteiger partial charge >= 0.3 is 0 Å². The Kier molecular flexibility index (Phi) is 0.717. The maximum absolute atomic E-state index is 3.87. The SMILES string of the molecule is c1cnn2cnnc2n1. The van der Waals surface area contributed by atoms with E-state index in [2.05, 4.69) is 20.3 Å². The van der Waals surface area contributed by atoms with E-state index in [0.29, 0.717) is 5.78 Å². The molecule has 5 heteroatoms. The number of nitrogens with zero attached hydrogens (tertiary/aromatic N) is 5. The van der Waals surface area contributed by atoms with Gasteiger partial charge in [-0.1, -0.05) is 0 Å². The summed E-state index contributed by atoms with van der Waals surface area (Å²) in [5.41, 5.74) is 0. The van der Waals surface area contributed by atoms with E-state index in [-0.39, 0.29) is 0 Å². The smallest absolute Gasteiger partial charge is 0.217 e. The normalized spacial score (nSPS) is 10.2. The van der Waals surface area contributed by atoms with Gasteiger partial charge in [-0.2, -0.15) is 9.61 Å². The fourth-order valence-corrected chi connectivity index (χ4v) is 0.592. The summed E-state index contributed by atoms with van der Waals surface area (Å²) in [5, 5.41) is 11.1. The molecule has 0 aromatic carbocycles.